The number of rotatable bonds is 5. The molecule has 0 atom stereocenters. The summed E-state index contributed by atoms with van der Waals surface area (Å²) in [6.07, 6.45) is 0.844. The van der Waals surface area contributed by atoms with Gasteiger partial charge < -0.3 is 9.47 Å². The zero-order valence-electron chi connectivity index (χ0n) is 9.55. The minimum absolute atomic E-state index is 0.277. The second kappa shape index (κ2) is 5.35. The first-order chi connectivity index (χ1) is 6.00. The molecule has 0 rings (SSSR count). The van der Waals surface area contributed by atoms with Crippen LogP contribution < -0.4 is 0 Å². The van der Waals surface area contributed by atoms with Crippen molar-refractivity contribution in [2.24, 2.45) is 4.99 Å². The summed E-state index contributed by atoms with van der Waals surface area (Å²) in [6, 6.07) is 0.277. The van der Waals surface area contributed by atoms with Crippen LogP contribution in [0.25, 0.3) is 0 Å². The van der Waals surface area contributed by atoms with Gasteiger partial charge in [-0.05, 0) is 27.2 Å². The summed E-state index contributed by atoms with van der Waals surface area (Å²) in [6.45, 7) is 8.03. The third-order valence-electron chi connectivity index (χ3n) is 2.05. The van der Waals surface area contributed by atoms with E-state index in [-0.39, 0.29) is 6.04 Å². The molecule has 0 unspecified atom stereocenters. The molecule has 0 amide bonds. The number of hydrogen-bond donors (Lipinski definition) is 0. The average molecular weight is 187 g/mol. The third-order valence-corrected chi connectivity index (χ3v) is 2.05. The van der Waals surface area contributed by atoms with Gasteiger partial charge in [0.2, 0.25) is 5.79 Å². The molecular weight excluding hydrogens is 166 g/mol. The fraction of sp³-hybridized carbons (Fsp3) is 0.900. The Bertz CT molecular complexity index is 172. The Kier molecular flexibility index (Phi) is 5.18. The summed E-state index contributed by atoms with van der Waals surface area (Å²) in [5.74, 6) is -0.668. The smallest absolute Gasteiger partial charge is 0.204 e. The molecule has 0 aliphatic rings. The van der Waals surface area contributed by atoms with E-state index in [1.54, 1.807) is 14.2 Å². The van der Waals surface area contributed by atoms with E-state index in [1.165, 1.54) is 0 Å². The number of nitrogens with zero attached hydrogens (tertiary/aromatic N) is 1. The molecular formula is C10H21NO2. The highest BCUT2D eigenvalue weighted by Gasteiger charge is 2.28. The molecule has 0 aromatic rings. The third kappa shape index (κ3) is 3.44. The first kappa shape index (κ1) is 12.6. The standard InChI is InChI=1S/C10H21NO2/c1-7-9(11-8(2)3)10(4,12-5)13-6/h8H,7H2,1-6H3. The molecule has 13 heavy (non-hydrogen) atoms. The molecule has 0 radical (unpaired) electrons. The molecule has 0 spiro atoms. The van der Waals surface area contributed by atoms with Gasteiger partial charge in [0.25, 0.3) is 0 Å². The highest BCUT2D eigenvalue weighted by molar-refractivity contribution is 5.90. The Balaban J connectivity index is 4.72. The lowest BCUT2D eigenvalue weighted by atomic mass is 10.1. The van der Waals surface area contributed by atoms with E-state index in [9.17, 15) is 0 Å². The quantitative estimate of drug-likeness (QED) is 0.488. The maximum atomic E-state index is 5.29. The van der Waals surface area contributed by atoms with Crippen LogP contribution in [0.15, 0.2) is 4.99 Å². The maximum absolute atomic E-state index is 5.29. The first-order valence-corrected chi connectivity index (χ1v) is 4.67. The SMILES string of the molecule is CCC(=NC(C)C)C(C)(OC)OC. The van der Waals surface area contributed by atoms with E-state index in [0.717, 1.165) is 12.1 Å². The zero-order valence-corrected chi connectivity index (χ0v) is 9.55. The number of ether oxygens (including phenoxy) is 2. The highest BCUT2D eigenvalue weighted by Crippen LogP contribution is 2.16. The number of hydrogen-bond acceptors (Lipinski definition) is 3. The van der Waals surface area contributed by atoms with Crippen molar-refractivity contribution in [3.8, 4) is 0 Å². The lowest BCUT2D eigenvalue weighted by Gasteiger charge is -2.28. The Labute approximate surface area is 81.1 Å². The largest absolute Gasteiger partial charge is 0.349 e. The van der Waals surface area contributed by atoms with Gasteiger partial charge in [0.15, 0.2) is 0 Å². The molecule has 0 aromatic carbocycles. The van der Waals surface area contributed by atoms with E-state index < -0.39 is 5.79 Å². The lowest BCUT2D eigenvalue weighted by Crippen LogP contribution is -2.39. The molecule has 0 N–H and O–H groups in total. The highest BCUT2D eigenvalue weighted by atomic mass is 16.7. The van der Waals surface area contributed by atoms with Gasteiger partial charge in [-0.2, -0.15) is 0 Å². The Hall–Kier alpha value is -0.410. The normalized spacial score (nSPS) is 13.9. The van der Waals surface area contributed by atoms with Crippen LogP contribution in [0.2, 0.25) is 0 Å². The van der Waals surface area contributed by atoms with Gasteiger partial charge in [-0.3, -0.25) is 4.99 Å². The summed E-state index contributed by atoms with van der Waals surface area (Å²) in [7, 11) is 3.27. The van der Waals surface area contributed by atoms with Crippen LogP contribution >= 0.6 is 0 Å². The van der Waals surface area contributed by atoms with Crippen molar-refractivity contribution >= 4 is 5.71 Å². The number of methoxy groups -OCH3 is 2. The van der Waals surface area contributed by atoms with E-state index >= 15 is 0 Å². The molecule has 3 heteroatoms. The fourth-order valence-electron chi connectivity index (χ4n) is 1.16. The summed E-state index contributed by atoms with van der Waals surface area (Å²) in [4.78, 5) is 4.48. The van der Waals surface area contributed by atoms with Crippen LogP contribution in [0, 0.1) is 0 Å². The van der Waals surface area contributed by atoms with Crippen molar-refractivity contribution in [3.63, 3.8) is 0 Å². The summed E-state index contributed by atoms with van der Waals surface area (Å²) in [5.41, 5.74) is 0.951. The molecule has 0 saturated heterocycles. The predicted octanol–water partition coefficient (Wildman–Crippen LogP) is 2.25. The summed E-state index contributed by atoms with van der Waals surface area (Å²) >= 11 is 0. The molecule has 0 fully saturated rings. The van der Waals surface area contributed by atoms with Crippen LogP contribution in [-0.4, -0.2) is 31.8 Å². The molecule has 0 aliphatic carbocycles. The number of aliphatic imine (C=N–C) groups is 1. The summed E-state index contributed by atoms with van der Waals surface area (Å²) in [5, 5.41) is 0. The topological polar surface area (TPSA) is 30.8 Å². The molecule has 0 heterocycles. The predicted molar refractivity (Wildman–Crippen MR) is 55.3 cm³/mol. The van der Waals surface area contributed by atoms with Crippen molar-refractivity contribution < 1.29 is 9.47 Å². The fourth-order valence-corrected chi connectivity index (χ4v) is 1.16. The molecule has 0 bridgehead atoms. The molecule has 78 valence electrons. The van der Waals surface area contributed by atoms with Gasteiger partial charge in [-0.15, -0.1) is 0 Å². The van der Waals surface area contributed by atoms with Crippen molar-refractivity contribution in [2.45, 2.75) is 45.9 Å². The van der Waals surface area contributed by atoms with Crippen molar-refractivity contribution in [2.75, 3.05) is 14.2 Å². The minimum Gasteiger partial charge on any atom is -0.349 e. The summed E-state index contributed by atoms with van der Waals surface area (Å²) < 4.78 is 10.6. The zero-order chi connectivity index (χ0) is 10.5. The molecule has 3 nitrogen and oxygen atoms in total. The molecule has 0 saturated carbocycles. The first-order valence-electron chi connectivity index (χ1n) is 4.67. The Morgan fingerprint density at radius 2 is 1.77 bits per heavy atom. The van der Waals surface area contributed by atoms with E-state index in [1.807, 2.05) is 20.8 Å². The van der Waals surface area contributed by atoms with E-state index in [2.05, 4.69) is 11.9 Å². The van der Waals surface area contributed by atoms with E-state index in [0.29, 0.717) is 0 Å². The van der Waals surface area contributed by atoms with Gasteiger partial charge in [0.05, 0.1) is 5.71 Å². The van der Waals surface area contributed by atoms with Crippen molar-refractivity contribution in [1.29, 1.82) is 0 Å². The van der Waals surface area contributed by atoms with E-state index in [4.69, 9.17) is 9.47 Å². The maximum Gasteiger partial charge on any atom is 0.204 e. The second-order valence-electron chi connectivity index (χ2n) is 3.38. The van der Waals surface area contributed by atoms with Crippen LogP contribution in [-0.2, 0) is 9.47 Å². The Morgan fingerprint density at radius 3 is 2.00 bits per heavy atom. The van der Waals surface area contributed by atoms with Crippen molar-refractivity contribution in [3.05, 3.63) is 0 Å². The van der Waals surface area contributed by atoms with Crippen LogP contribution in [0.4, 0.5) is 0 Å². The Morgan fingerprint density at radius 1 is 1.31 bits per heavy atom. The van der Waals surface area contributed by atoms with Crippen LogP contribution in [0.1, 0.15) is 34.1 Å². The average Bonchev–Trinajstić information content (AvgIpc) is 2.12. The van der Waals surface area contributed by atoms with Crippen molar-refractivity contribution in [1.82, 2.24) is 0 Å². The second-order valence-corrected chi connectivity index (χ2v) is 3.38. The van der Waals surface area contributed by atoms with Crippen LogP contribution in [0.5, 0.6) is 0 Å². The van der Waals surface area contributed by atoms with Crippen LogP contribution in [0.3, 0.4) is 0 Å². The monoisotopic (exact) mass is 187 g/mol. The minimum atomic E-state index is -0.668. The van der Waals surface area contributed by atoms with Gasteiger partial charge >= 0.3 is 0 Å². The van der Waals surface area contributed by atoms with Gasteiger partial charge in [-0.1, -0.05) is 6.92 Å². The van der Waals surface area contributed by atoms with Gasteiger partial charge in [0, 0.05) is 20.3 Å². The lowest BCUT2D eigenvalue weighted by molar-refractivity contribution is -0.140. The molecule has 0 aliphatic heterocycles. The van der Waals surface area contributed by atoms with Gasteiger partial charge in [0.1, 0.15) is 0 Å². The van der Waals surface area contributed by atoms with Gasteiger partial charge in [-0.25, -0.2) is 0 Å². The molecule has 0 aromatic heterocycles.